The van der Waals surface area contributed by atoms with E-state index in [1.54, 1.807) is 12.1 Å². The molecule has 148 valence electrons. The zero-order chi connectivity index (χ0) is 21.0. The van der Waals surface area contributed by atoms with E-state index in [1.807, 2.05) is 60.7 Å². The Morgan fingerprint density at radius 2 is 0.968 bits per heavy atom. The van der Waals surface area contributed by atoms with Crippen LogP contribution in [0.5, 0.6) is 0 Å². The van der Waals surface area contributed by atoms with E-state index in [-0.39, 0.29) is 5.82 Å². The van der Waals surface area contributed by atoms with Crippen molar-refractivity contribution in [2.45, 2.75) is 0 Å². The van der Waals surface area contributed by atoms with Crippen LogP contribution in [0.3, 0.4) is 0 Å². The maximum atomic E-state index is 13.5. The van der Waals surface area contributed by atoms with Gasteiger partial charge in [-0.2, -0.15) is 0 Å². The Hall–Kier alpha value is -4.11. The van der Waals surface area contributed by atoms with Gasteiger partial charge >= 0.3 is 0 Å². The number of hydrogen-bond acceptors (Lipinski definition) is 2. The minimum Gasteiger partial charge on any atom is -0.228 e. The number of nitrogens with zero attached hydrogens (tertiary/aromatic N) is 2. The third-order valence-electron chi connectivity index (χ3n) is 5.16. The van der Waals surface area contributed by atoms with Gasteiger partial charge in [0.2, 0.25) is 0 Å². The number of rotatable bonds is 4. The van der Waals surface area contributed by atoms with Gasteiger partial charge in [0.15, 0.2) is 5.82 Å². The summed E-state index contributed by atoms with van der Waals surface area (Å²) in [5.41, 5.74) is 6.72. The molecule has 0 aliphatic heterocycles. The summed E-state index contributed by atoms with van der Waals surface area (Å²) in [5, 5.41) is 0. The molecule has 5 rings (SSSR count). The summed E-state index contributed by atoms with van der Waals surface area (Å²) in [6.07, 6.45) is 0. The highest BCUT2D eigenvalue weighted by Crippen LogP contribution is 2.30. The van der Waals surface area contributed by atoms with Gasteiger partial charge in [-0.05, 0) is 47.5 Å². The van der Waals surface area contributed by atoms with Gasteiger partial charge in [0.05, 0.1) is 11.4 Å². The summed E-state index contributed by atoms with van der Waals surface area (Å²) in [5.74, 6) is 0.292. The number of halogens is 1. The van der Waals surface area contributed by atoms with Crippen molar-refractivity contribution >= 4 is 0 Å². The molecule has 0 saturated carbocycles. The number of aromatic nitrogens is 2. The van der Waals surface area contributed by atoms with E-state index in [0.717, 1.165) is 39.2 Å². The number of benzene rings is 4. The molecule has 0 spiro atoms. The topological polar surface area (TPSA) is 25.8 Å². The summed E-state index contributed by atoms with van der Waals surface area (Å²) in [6, 6.07) is 36.9. The van der Waals surface area contributed by atoms with Gasteiger partial charge in [0.1, 0.15) is 5.82 Å². The Morgan fingerprint density at radius 1 is 0.419 bits per heavy atom. The molecule has 0 N–H and O–H groups in total. The highest BCUT2D eigenvalue weighted by Gasteiger charge is 2.11. The van der Waals surface area contributed by atoms with E-state index in [9.17, 15) is 4.39 Å². The SMILES string of the molecule is Fc1ccc(-c2nc(-c3ccccc3)cc(-c3cccc(-c4ccccc4)c3)n2)cc1. The van der Waals surface area contributed by atoms with Gasteiger partial charge in [-0.15, -0.1) is 0 Å². The third kappa shape index (κ3) is 4.12. The van der Waals surface area contributed by atoms with Crippen molar-refractivity contribution in [2.24, 2.45) is 0 Å². The molecular formula is C28H19FN2. The maximum Gasteiger partial charge on any atom is 0.160 e. The molecule has 0 fully saturated rings. The van der Waals surface area contributed by atoms with Crippen molar-refractivity contribution in [1.82, 2.24) is 9.97 Å². The molecule has 2 nitrogen and oxygen atoms in total. The highest BCUT2D eigenvalue weighted by molar-refractivity contribution is 5.75. The lowest BCUT2D eigenvalue weighted by Gasteiger charge is -2.10. The molecule has 0 amide bonds. The molecule has 0 saturated heterocycles. The van der Waals surface area contributed by atoms with Crippen molar-refractivity contribution in [3.63, 3.8) is 0 Å². The van der Waals surface area contributed by atoms with Gasteiger partial charge < -0.3 is 0 Å². The average Bonchev–Trinajstić information content (AvgIpc) is 2.85. The molecule has 4 aromatic carbocycles. The quantitative estimate of drug-likeness (QED) is 0.316. The van der Waals surface area contributed by atoms with Gasteiger partial charge in [-0.3, -0.25) is 0 Å². The molecule has 1 aromatic heterocycles. The van der Waals surface area contributed by atoms with Gasteiger partial charge in [-0.25, -0.2) is 14.4 Å². The largest absolute Gasteiger partial charge is 0.228 e. The normalized spacial score (nSPS) is 10.7. The lowest BCUT2D eigenvalue weighted by atomic mass is 10.0. The van der Waals surface area contributed by atoms with Crippen LogP contribution in [-0.4, -0.2) is 9.97 Å². The highest BCUT2D eigenvalue weighted by atomic mass is 19.1. The van der Waals surface area contributed by atoms with Crippen molar-refractivity contribution in [1.29, 1.82) is 0 Å². The van der Waals surface area contributed by atoms with E-state index < -0.39 is 0 Å². The minimum atomic E-state index is -0.279. The first-order valence-corrected chi connectivity index (χ1v) is 10.1. The van der Waals surface area contributed by atoms with Crippen LogP contribution in [0.1, 0.15) is 0 Å². The van der Waals surface area contributed by atoms with Gasteiger partial charge in [0.25, 0.3) is 0 Å². The van der Waals surface area contributed by atoms with Crippen LogP contribution >= 0.6 is 0 Å². The Bertz CT molecular complexity index is 1310. The number of hydrogen-bond donors (Lipinski definition) is 0. The molecule has 0 aliphatic rings. The fourth-order valence-corrected chi connectivity index (χ4v) is 3.57. The van der Waals surface area contributed by atoms with Crippen molar-refractivity contribution in [2.75, 3.05) is 0 Å². The molecule has 0 radical (unpaired) electrons. The Labute approximate surface area is 180 Å². The fraction of sp³-hybridized carbons (Fsp3) is 0. The second kappa shape index (κ2) is 8.33. The molecule has 0 atom stereocenters. The second-order valence-corrected chi connectivity index (χ2v) is 7.28. The van der Waals surface area contributed by atoms with Gasteiger partial charge in [0, 0.05) is 16.7 Å². The summed E-state index contributed by atoms with van der Waals surface area (Å²) in [6.45, 7) is 0. The summed E-state index contributed by atoms with van der Waals surface area (Å²) < 4.78 is 13.5. The first-order chi connectivity index (χ1) is 15.3. The van der Waals surface area contributed by atoms with Gasteiger partial charge in [-0.1, -0.05) is 78.9 Å². The van der Waals surface area contributed by atoms with Crippen LogP contribution in [0.15, 0.2) is 115 Å². The van der Waals surface area contributed by atoms with Crippen molar-refractivity contribution in [3.8, 4) is 45.0 Å². The second-order valence-electron chi connectivity index (χ2n) is 7.28. The predicted molar refractivity (Wildman–Crippen MR) is 124 cm³/mol. The monoisotopic (exact) mass is 402 g/mol. The van der Waals surface area contributed by atoms with E-state index in [0.29, 0.717) is 5.82 Å². The first-order valence-electron chi connectivity index (χ1n) is 10.1. The summed E-state index contributed by atoms with van der Waals surface area (Å²) >= 11 is 0. The Balaban J connectivity index is 1.66. The molecule has 5 aromatic rings. The third-order valence-corrected chi connectivity index (χ3v) is 5.16. The van der Waals surface area contributed by atoms with Crippen molar-refractivity contribution in [3.05, 3.63) is 121 Å². The Kier molecular flexibility index (Phi) is 5.07. The van der Waals surface area contributed by atoms with E-state index in [2.05, 4.69) is 30.3 Å². The van der Waals surface area contributed by atoms with Crippen molar-refractivity contribution < 1.29 is 4.39 Å². The molecule has 31 heavy (non-hydrogen) atoms. The lowest BCUT2D eigenvalue weighted by Crippen LogP contribution is -1.96. The minimum absolute atomic E-state index is 0.279. The fourth-order valence-electron chi connectivity index (χ4n) is 3.57. The molecule has 0 bridgehead atoms. The van der Waals surface area contributed by atoms with E-state index in [4.69, 9.17) is 9.97 Å². The first kappa shape index (κ1) is 18.9. The molecule has 0 aliphatic carbocycles. The zero-order valence-corrected chi connectivity index (χ0v) is 16.7. The average molecular weight is 402 g/mol. The molecular weight excluding hydrogens is 383 g/mol. The lowest BCUT2D eigenvalue weighted by molar-refractivity contribution is 0.628. The predicted octanol–water partition coefficient (Wildman–Crippen LogP) is 7.28. The van der Waals surface area contributed by atoms with Crippen LogP contribution in [0.25, 0.3) is 45.0 Å². The summed E-state index contributed by atoms with van der Waals surface area (Å²) in [4.78, 5) is 9.61. The zero-order valence-electron chi connectivity index (χ0n) is 16.7. The Morgan fingerprint density at radius 3 is 1.65 bits per heavy atom. The molecule has 1 heterocycles. The van der Waals surface area contributed by atoms with Crippen LogP contribution in [0.4, 0.5) is 4.39 Å². The van der Waals surface area contributed by atoms with Crippen LogP contribution in [-0.2, 0) is 0 Å². The van der Waals surface area contributed by atoms with Crippen LogP contribution in [0, 0.1) is 5.82 Å². The maximum absolute atomic E-state index is 13.5. The van der Waals surface area contributed by atoms with Crippen LogP contribution in [0.2, 0.25) is 0 Å². The van der Waals surface area contributed by atoms with Crippen LogP contribution < -0.4 is 0 Å². The molecule has 0 unspecified atom stereocenters. The standard InChI is InChI=1S/C28H19FN2/c29-25-16-14-22(15-17-25)28-30-26(21-10-5-2-6-11-21)19-27(31-28)24-13-7-12-23(18-24)20-8-3-1-4-9-20/h1-19H. The molecule has 3 heteroatoms. The van der Waals surface area contributed by atoms with E-state index in [1.165, 1.54) is 12.1 Å². The summed E-state index contributed by atoms with van der Waals surface area (Å²) in [7, 11) is 0. The van der Waals surface area contributed by atoms with E-state index >= 15 is 0 Å². The smallest absolute Gasteiger partial charge is 0.160 e.